The summed E-state index contributed by atoms with van der Waals surface area (Å²) < 4.78 is 1.96. The number of aromatic nitrogens is 3. The Morgan fingerprint density at radius 3 is 2.89 bits per heavy atom. The zero-order chi connectivity index (χ0) is 19.1. The molecule has 3 rings (SSSR count). The second-order valence-electron chi connectivity index (χ2n) is 7.09. The monoisotopic (exact) mass is 371 g/mol. The number of nitrogens with one attached hydrogen (secondary N) is 2. The van der Waals surface area contributed by atoms with Crippen LogP contribution in [0, 0.1) is 0 Å². The second-order valence-corrected chi connectivity index (χ2v) is 7.09. The van der Waals surface area contributed by atoms with E-state index in [-0.39, 0.29) is 6.03 Å². The second kappa shape index (κ2) is 9.25. The van der Waals surface area contributed by atoms with Gasteiger partial charge in [0.1, 0.15) is 5.82 Å². The maximum atomic E-state index is 12.4. The maximum Gasteiger partial charge on any atom is 0.317 e. The summed E-state index contributed by atoms with van der Waals surface area (Å²) in [6.07, 6.45) is 10.3. The van der Waals surface area contributed by atoms with Crippen LogP contribution in [0.15, 0.2) is 37.1 Å². The van der Waals surface area contributed by atoms with Gasteiger partial charge in [-0.05, 0) is 31.4 Å². The molecule has 2 aromatic rings. The smallest absolute Gasteiger partial charge is 0.317 e. The predicted molar refractivity (Wildman–Crippen MR) is 107 cm³/mol. The highest BCUT2D eigenvalue weighted by molar-refractivity contribution is 5.74. The summed E-state index contributed by atoms with van der Waals surface area (Å²) in [7, 11) is 3.96. The quantitative estimate of drug-likeness (QED) is 0.812. The van der Waals surface area contributed by atoms with Crippen molar-refractivity contribution in [3.05, 3.63) is 37.1 Å². The van der Waals surface area contributed by atoms with Gasteiger partial charge in [-0.25, -0.2) is 14.8 Å². The summed E-state index contributed by atoms with van der Waals surface area (Å²) in [5.74, 6) is 0.944. The lowest BCUT2D eigenvalue weighted by molar-refractivity contribution is 0.199. The first kappa shape index (κ1) is 19.0. The van der Waals surface area contributed by atoms with E-state index in [2.05, 4.69) is 26.7 Å². The number of hydrogen-bond donors (Lipinski definition) is 2. The lowest BCUT2D eigenvalue weighted by Crippen LogP contribution is -2.41. The van der Waals surface area contributed by atoms with Gasteiger partial charge in [0.05, 0.1) is 18.2 Å². The van der Waals surface area contributed by atoms with E-state index in [4.69, 9.17) is 0 Å². The summed E-state index contributed by atoms with van der Waals surface area (Å²) in [4.78, 5) is 24.8. The lowest BCUT2D eigenvalue weighted by atomic mass is 10.1. The van der Waals surface area contributed by atoms with Crippen LogP contribution in [0.3, 0.4) is 0 Å². The van der Waals surface area contributed by atoms with Gasteiger partial charge in [-0.3, -0.25) is 0 Å². The number of hydrogen-bond acceptors (Lipinski definition) is 5. The van der Waals surface area contributed by atoms with Crippen LogP contribution in [0.5, 0.6) is 0 Å². The average molecular weight is 371 g/mol. The van der Waals surface area contributed by atoms with E-state index < -0.39 is 0 Å². The van der Waals surface area contributed by atoms with Gasteiger partial charge in [0.2, 0.25) is 0 Å². The van der Waals surface area contributed by atoms with Gasteiger partial charge in [-0.1, -0.05) is 0 Å². The predicted octanol–water partition coefficient (Wildman–Crippen LogP) is 2.02. The van der Waals surface area contributed by atoms with Gasteiger partial charge >= 0.3 is 6.03 Å². The van der Waals surface area contributed by atoms with Crippen molar-refractivity contribution in [1.29, 1.82) is 0 Å². The molecule has 1 atom stereocenters. The van der Waals surface area contributed by atoms with Crippen molar-refractivity contribution < 1.29 is 4.79 Å². The third kappa shape index (κ3) is 5.60. The van der Waals surface area contributed by atoms with E-state index in [0.29, 0.717) is 12.6 Å². The standard InChI is InChI=1S/C19H29N7O/c1-24(2)18-6-5-17(14-22-18)23-16-4-3-10-26(11-7-16)19(27)21-9-13-25-12-8-20-15-25/h5-6,8,12,14-16,23H,3-4,7,9-11,13H2,1-2H3,(H,21,27)/t16-/m1/s1. The molecule has 1 saturated heterocycles. The molecule has 2 aromatic heterocycles. The molecule has 146 valence electrons. The SMILES string of the molecule is CN(C)c1ccc(N[C@@H]2CCCN(C(=O)NCCn3ccnc3)CC2)cn1. The van der Waals surface area contributed by atoms with Crippen LogP contribution in [0.4, 0.5) is 16.3 Å². The molecule has 0 radical (unpaired) electrons. The molecule has 0 spiro atoms. The van der Waals surface area contributed by atoms with E-state index in [1.54, 1.807) is 12.5 Å². The average Bonchev–Trinajstić information content (AvgIpc) is 3.07. The molecule has 3 heterocycles. The number of amides is 2. The molecule has 27 heavy (non-hydrogen) atoms. The van der Waals surface area contributed by atoms with Crippen molar-refractivity contribution in [2.24, 2.45) is 0 Å². The van der Waals surface area contributed by atoms with Crippen LogP contribution >= 0.6 is 0 Å². The lowest BCUT2D eigenvalue weighted by Gasteiger charge is -2.22. The number of carbonyl (C=O) groups is 1. The Bertz CT molecular complexity index is 699. The topological polar surface area (TPSA) is 78.3 Å². The Kier molecular flexibility index (Phi) is 6.51. The van der Waals surface area contributed by atoms with Gasteiger partial charge in [0.25, 0.3) is 0 Å². The highest BCUT2D eigenvalue weighted by Gasteiger charge is 2.20. The molecule has 0 aliphatic carbocycles. The molecule has 8 heteroatoms. The van der Waals surface area contributed by atoms with Crippen LogP contribution < -0.4 is 15.5 Å². The van der Waals surface area contributed by atoms with E-state index in [0.717, 1.165) is 50.4 Å². The summed E-state index contributed by atoms with van der Waals surface area (Å²) in [5.41, 5.74) is 1.03. The number of urea groups is 1. The molecule has 2 N–H and O–H groups in total. The number of pyridine rings is 1. The van der Waals surface area contributed by atoms with Crippen LogP contribution in [0.25, 0.3) is 0 Å². The summed E-state index contributed by atoms with van der Waals surface area (Å²) in [6, 6.07) is 4.46. The fourth-order valence-corrected chi connectivity index (χ4v) is 3.24. The minimum atomic E-state index is 0.0211. The van der Waals surface area contributed by atoms with Gasteiger partial charge in [0, 0.05) is 58.7 Å². The summed E-state index contributed by atoms with van der Waals surface area (Å²) in [5, 5.41) is 6.56. The summed E-state index contributed by atoms with van der Waals surface area (Å²) >= 11 is 0. The number of anilines is 2. The van der Waals surface area contributed by atoms with Crippen molar-refractivity contribution in [2.45, 2.75) is 31.8 Å². The van der Waals surface area contributed by atoms with Crippen molar-refractivity contribution in [3.8, 4) is 0 Å². The fraction of sp³-hybridized carbons (Fsp3) is 0.526. The number of carbonyl (C=O) groups excluding carboxylic acids is 1. The Morgan fingerprint density at radius 2 is 2.19 bits per heavy atom. The van der Waals surface area contributed by atoms with Crippen LogP contribution in [-0.4, -0.2) is 65.2 Å². The Hall–Kier alpha value is -2.77. The molecular weight excluding hydrogens is 342 g/mol. The Balaban J connectivity index is 1.43. The number of nitrogens with zero attached hydrogens (tertiary/aromatic N) is 5. The highest BCUT2D eigenvalue weighted by Crippen LogP contribution is 2.18. The van der Waals surface area contributed by atoms with Gasteiger partial charge in [-0.15, -0.1) is 0 Å². The van der Waals surface area contributed by atoms with Crippen LogP contribution in [0.1, 0.15) is 19.3 Å². The van der Waals surface area contributed by atoms with Crippen molar-refractivity contribution in [1.82, 2.24) is 24.8 Å². The van der Waals surface area contributed by atoms with E-state index >= 15 is 0 Å². The first-order chi connectivity index (χ1) is 13.1. The van der Waals surface area contributed by atoms with Crippen molar-refractivity contribution in [2.75, 3.05) is 43.9 Å². The highest BCUT2D eigenvalue weighted by atomic mass is 16.2. The van der Waals surface area contributed by atoms with E-state index in [1.807, 2.05) is 46.9 Å². The molecule has 8 nitrogen and oxygen atoms in total. The molecule has 1 aliphatic rings. The minimum Gasteiger partial charge on any atom is -0.381 e. The Morgan fingerprint density at radius 1 is 1.30 bits per heavy atom. The molecule has 0 bridgehead atoms. The zero-order valence-electron chi connectivity index (χ0n) is 16.1. The molecule has 1 aliphatic heterocycles. The third-order valence-corrected chi connectivity index (χ3v) is 4.80. The maximum absolute atomic E-state index is 12.4. The first-order valence-electron chi connectivity index (χ1n) is 9.50. The molecule has 0 aromatic carbocycles. The van der Waals surface area contributed by atoms with Crippen LogP contribution in [0.2, 0.25) is 0 Å². The Labute approximate surface area is 160 Å². The molecule has 0 saturated carbocycles. The summed E-state index contributed by atoms with van der Waals surface area (Å²) in [6.45, 7) is 2.90. The van der Waals surface area contributed by atoms with Crippen molar-refractivity contribution in [3.63, 3.8) is 0 Å². The van der Waals surface area contributed by atoms with Gasteiger partial charge in [-0.2, -0.15) is 0 Å². The minimum absolute atomic E-state index is 0.0211. The largest absolute Gasteiger partial charge is 0.381 e. The third-order valence-electron chi connectivity index (χ3n) is 4.80. The number of likely N-dealkylation sites (tertiary alicyclic amines) is 1. The van der Waals surface area contributed by atoms with Crippen LogP contribution in [-0.2, 0) is 6.54 Å². The fourth-order valence-electron chi connectivity index (χ4n) is 3.24. The first-order valence-corrected chi connectivity index (χ1v) is 9.50. The van der Waals surface area contributed by atoms with Gasteiger partial charge in [0.15, 0.2) is 0 Å². The van der Waals surface area contributed by atoms with Gasteiger partial charge < -0.3 is 25.0 Å². The molecule has 1 fully saturated rings. The molecule has 0 unspecified atom stereocenters. The number of rotatable bonds is 6. The van der Waals surface area contributed by atoms with E-state index in [1.165, 1.54) is 0 Å². The van der Waals surface area contributed by atoms with E-state index in [9.17, 15) is 4.79 Å². The number of imidazole rings is 1. The molecular formula is C19H29N7O. The zero-order valence-corrected chi connectivity index (χ0v) is 16.1. The molecule has 2 amide bonds. The van der Waals surface area contributed by atoms with Crippen molar-refractivity contribution >= 4 is 17.5 Å². The normalized spacial score (nSPS) is 17.3.